The quantitative estimate of drug-likeness (QED) is 0.128. The van der Waals surface area contributed by atoms with Crippen molar-refractivity contribution >= 4 is 11.9 Å². The smallest absolute Gasteiger partial charge is 0.314 e. The number of ether oxygens (including phenoxy) is 5. The molecule has 7 rings (SSSR count). The lowest BCUT2D eigenvalue weighted by atomic mass is 9.33. The Labute approximate surface area is 337 Å². The van der Waals surface area contributed by atoms with Gasteiger partial charge in [-0.1, -0.05) is 53.2 Å². The Morgan fingerprint density at radius 3 is 2.07 bits per heavy atom. The lowest BCUT2D eigenvalue weighted by Crippen LogP contribution is -2.66. The van der Waals surface area contributed by atoms with Gasteiger partial charge in [0.25, 0.3) is 0 Å². The van der Waals surface area contributed by atoms with Crippen LogP contribution < -0.4 is 0 Å². The minimum atomic E-state index is -1.61. The summed E-state index contributed by atoms with van der Waals surface area (Å²) in [7, 11) is 1.44. The van der Waals surface area contributed by atoms with Crippen LogP contribution in [0.5, 0.6) is 0 Å². The minimum Gasteiger partial charge on any atom is -0.469 e. The maximum atomic E-state index is 14.2. The van der Waals surface area contributed by atoms with Gasteiger partial charge < -0.3 is 54.3 Å². The maximum absolute atomic E-state index is 14.2. The van der Waals surface area contributed by atoms with Crippen LogP contribution in [0.2, 0.25) is 0 Å². The second kappa shape index (κ2) is 14.8. The fourth-order valence-electron chi connectivity index (χ4n) is 13.9. The van der Waals surface area contributed by atoms with Crippen molar-refractivity contribution in [2.75, 3.05) is 7.11 Å². The second-order valence-electron chi connectivity index (χ2n) is 20.8. The highest BCUT2D eigenvalue weighted by Crippen LogP contribution is 2.76. The van der Waals surface area contributed by atoms with Crippen molar-refractivity contribution in [3.8, 4) is 0 Å². The first-order chi connectivity index (χ1) is 26.6. The Hall–Kier alpha value is -1.68. The fourth-order valence-corrected chi connectivity index (χ4v) is 13.9. The Kier molecular flexibility index (Phi) is 11.2. The average molecular weight is 807 g/mol. The molecule has 0 spiro atoms. The molecule has 0 aromatic rings. The third-order valence-corrected chi connectivity index (χ3v) is 17.8. The molecule has 5 aliphatic carbocycles. The van der Waals surface area contributed by atoms with Gasteiger partial charge >= 0.3 is 11.9 Å². The Morgan fingerprint density at radius 2 is 1.40 bits per heavy atom. The number of aliphatic hydroxyl groups excluding tert-OH is 6. The molecule has 324 valence electrons. The number of carbonyl (C=O) groups is 2. The Bertz CT molecular complexity index is 1580. The monoisotopic (exact) mass is 806 g/mol. The molecule has 13 nitrogen and oxygen atoms in total. The van der Waals surface area contributed by atoms with Crippen molar-refractivity contribution in [1.29, 1.82) is 0 Å². The van der Waals surface area contributed by atoms with Crippen LogP contribution >= 0.6 is 0 Å². The summed E-state index contributed by atoms with van der Waals surface area (Å²) in [5, 5.41) is 63.3. The number of aliphatic hydroxyl groups is 6. The minimum absolute atomic E-state index is 0.0481. The zero-order chi connectivity index (χ0) is 41.8. The van der Waals surface area contributed by atoms with E-state index in [1.165, 1.54) is 12.7 Å². The van der Waals surface area contributed by atoms with E-state index in [0.717, 1.165) is 38.5 Å². The van der Waals surface area contributed by atoms with Gasteiger partial charge in [-0.2, -0.15) is 0 Å². The van der Waals surface area contributed by atoms with E-state index in [0.29, 0.717) is 43.9 Å². The second-order valence-corrected chi connectivity index (χ2v) is 20.8. The number of hydrogen-bond donors (Lipinski definition) is 6. The third kappa shape index (κ3) is 6.33. The van der Waals surface area contributed by atoms with Gasteiger partial charge in [-0.25, -0.2) is 0 Å². The standard InChI is InChI=1S/C44H70O13/c1-10-25-30(46)32(48)34(50)36(55-25)57-37(51)40(5)17-19-44(38(52)53-9)20-18-42(7)23(24(44)21-40)11-12-27-41(6)15-14-28(39(3,4)26(41)13-16-43(27,42)8)56-35-33(49)31(47)29(45)22(2)54-35/h11,22,24-36,45-50H,10,12-21H2,1-9H3/t22-,24-,25+,26-,27+,28-,29-,30+,31+,32-,33+,34+,35-,36-,40+,41-,42+,43+,44-/m0/s1. The molecular formula is C44H70O13. The number of esters is 2. The molecule has 0 radical (unpaired) electrons. The molecule has 6 fully saturated rings. The lowest BCUT2D eigenvalue weighted by Gasteiger charge is -2.71. The molecule has 0 bridgehead atoms. The van der Waals surface area contributed by atoms with Crippen LogP contribution in [0, 0.1) is 50.2 Å². The summed E-state index contributed by atoms with van der Waals surface area (Å²) in [5.41, 5.74) is -1.30. The van der Waals surface area contributed by atoms with Gasteiger partial charge in [0.1, 0.15) is 36.6 Å². The molecule has 57 heavy (non-hydrogen) atoms. The van der Waals surface area contributed by atoms with Crippen LogP contribution in [-0.2, 0) is 33.3 Å². The van der Waals surface area contributed by atoms with E-state index in [-0.39, 0.29) is 39.7 Å². The summed E-state index contributed by atoms with van der Waals surface area (Å²) in [6, 6.07) is 0. The molecule has 19 atom stereocenters. The van der Waals surface area contributed by atoms with E-state index in [2.05, 4.69) is 40.7 Å². The van der Waals surface area contributed by atoms with Gasteiger partial charge in [-0.05, 0) is 124 Å². The summed E-state index contributed by atoms with van der Waals surface area (Å²) in [4.78, 5) is 28.2. The average Bonchev–Trinajstić information content (AvgIpc) is 3.17. The first-order valence-corrected chi connectivity index (χ1v) is 21.6. The van der Waals surface area contributed by atoms with Crippen molar-refractivity contribution in [1.82, 2.24) is 0 Å². The first kappa shape index (κ1) is 43.4. The molecule has 0 amide bonds. The van der Waals surface area contributed by atoms with Gasteiger partial charge in [0.05, 0.1) is 36.3 Å². The SMILES string of the molecule is CC[C@H]1O[C@@H](OC(=O)[C@]2(C)CC[C@]3(C(=O)OC)CC[C@]4(C)C(=CC[C@@H]5[C@@]6(C)CC[C@H](O[C@@H]7O[C@@H](C)[C@H](O)[C@@H](O)[C@H]7O)C(C)(C)[C@@H]6CC[C@]54C)[C@@H]3C2)[C@H](O)[C@@H](O)[C@@H]1O. The topological polar surface area (TPSA) is 202 Å². The van der Waals surface area contributed by atoms with Crippen molar-refractivity contribution < 1.29 is 63.9 Å². The summed E-state index contributed by atoms with van der Waals surface area (Å²) in [5.74, 6) is -0.452. The van der Waals surface area contributed by atoms with Crippen molar-refractivity contribution in [3.05, 3.63) is 11.6 Å². The number of hydrogen-bond acceptors (Lipinski definition) is 13. The van der Waals surface area contributed by atoms with Gasteiger partial charge in [-0.15, -0.1) is 0 Å². The molecule has 2 heterocycles. The number of carbonyl (C=O) groups excluding carboxylic acids is 2. The number of methoxy groups -OCH3 is 1. The van der Waals surface area contributed by atoms with Gasteiger partial charge in [0, 0.05) is 0 Å². The summed E-state index contributed by atoms with van der Waals surface area (Å²) < 4.78 is 29.6. The largest absolute Gasteiger partial charge is 0.469 e. The van der Waals surface area contributed by atoms with Crippen molar-refractivity contribution in [2.24, 2.45) is 50.2 Å². The molecule has 0 aromatic heterocycles. The molecular weight excluding hydrogens is 736 g/mol. The number of rotatable bonds is 6. The van der Waals surface area contributed by atoms with Crippen LogP contribution in [0.4, 0.5) is 0 Å². The zero-order valence-electron chi connectivity index (χ0n) is 35.5. The van der Waals surface area contributed by atoms with Crippen molar-refractivity contribution in [2.45, 2.75) is 194 Å². The van der Waals surface area contributed by atoms with Crippen LogP contribution in [-0.4, -0.2) is 117 Å². The number of allylic oxidation sites excluding steroid dienone is 2. The predicted octanol–water partition coefficient (Wildman–Crippen LogP) is 3.91. The van der Waals surface area contributed by atoms with Crippen LogP contribution in [0.25, 0.3) is 0 Å². The molecule has 6 N–H and O–H groups in total. The maximum Gasteiger partial charge on any atom is 0.314 e. The van der Waals surface area contributed by atoms with Crippen LogP contribution in [0.3, 0.4) is 0 Å². The molecule has 2 saturated heterocycles. The van der Waals surface area contributed by atoms with Crippen LogP contribution in [0.1, 0.15) is 126 Å². The molecule has 13 heteroatoms. The van der Waals surface area contributed by atoms with Crippen LogP contribution in [0.15, 0.2) is 11.6 Å². The Balaban J connectivity index is 1.16. The van der Waals surface area contributed by atoms with E-state index < -0.39 is 78.2 Å². The van der Waals surface area contributed by atoms with E-state index in [9.17, 15) is 40.2 Å². The highest BCUT2D eigenvalue weighted by atomic mass is 16.7. The van der Waals surface area contributed by atoms with E-state index in [4.69, 9.17) is 23.7 Å². The predicted molar refractivity (Wildman–Crippen MR) is 206 cm³/mol. The highest BCUT2D eigenvalue weighted by Gasteiger charge is 2.70. The molecule has 2 aliphatic heterocycles. The number of fused-ring (bicyclic) bond motifs is 7. The lowest BCUT2D eigenvalue weighted by molar-refractivity contribution is -0.324. The van der Waals surface area contributed by atoms with Crippen molar-refractivity contribution in [3.63, 3.8) is 0 Å². The van der Waals surface area contributed by atoms with Gasteiger partial charge in [0.15, 0.2) is 6.29 Å². The molecule has 4 saturated carbocycles. The van der Waals surface area contributed by atoms with E-state index in [1.54, 1.807) is 13.8 Å². The molecule has 0 aromatic carbocycles. The molecule has 7 aliphatic rings. The highest BCUT2D eigenvalue weighted by molar-refractivity contribution is 5.81. The Morgan fingerprint density at radius 1 is 0.754 bits per heavy atom. The summed E-state index contributed by atoms with van der Waals surface area (Å²) >= 11 is 0. The normalized spacial score (nSPS) is 53.2. The van der Waals surface area contributed by atoms with E-state index >= 15 is 0 Å². The van der Waals surface area contributed by atoms with Gasteiger partial charge in [-0.3, -0.25) is 9.59 Å². The summed E-state index contributed by atoms with van der Waals surface area (Å²) in [6.07, 6.45) is -2.69. The molecule has 0 unspecified atom stereocenters. The third-order valence-electron chi connectivity index (χ3n) is 17.8. The first-order valence-electron chi connectivity index (χ1n) is 21.6. The zero-order valence-corrected chi connectivity index (χ0v) is 35.5. The van der Waals surface area contributed by atoms with Gasteiger partial charge in [0.2, 0.25) is 6.29 Å². The van der Waals surface area contributed by atoms with E-state index in [1.807, 2.05) is 6.92 Å². The summed E-state index contributed by atoms with van der Waals surface area (Å²) in [6.45, 7) is 17.1. The fraction of sp³-hybridized carbons (Fsp3) is 0.909.